The van der Waals surface area contributed by atoms with Gasteiger partial charge in [0.1, 0.15) is 5.54 Å². The highest BCUT2D eigenvalue weighted by Gasteiger charge is 2.58. The molecule has 0 bridgehead atoms. The van der Waals surface area contributed by atoms with Crippen molar-refractivity contribution in [2.24, 2.45) is 5.92 Å². The molecule has 0 aromatic heterocycles. The number of rotatable bonds is 0. The maximum absolute atomic E-state index is 12.1. The highest BCUT2D eigenvalue weighted by Crippen LogP contribution is 2.48. The summed E-state index contributed by atoms with van der Waals surface area (Å²) < 4.78 is 0. The average molecular weight is 207 g/mol. The summed E-state index contributed by atoms with van der Waals surface area (Å²) in [5, 5.41) is 0. The minimum absolute atomic E-state index is 0.220. The zero-order valence-electron chi connectivity index (χ0n) is 9.00. The summed E-state index contributed by atoms with van der Waals surface area (Å²) in [7, 11) is 0. The van der Waals surface area contributed by atoms with E-state index in [1.807, 2.05) is 4.90 Å². The lowest BCUT2D eigenvalue weighted by atomic mass is 9.82. The summed E-state index contributed by atoms with van der Waals surface area (Å²) in [6.07, 6.45) is 6.53. The van der Waals surface area contributed by atoms with Crippen molar-refractivity contribution in [3.63, 3.8) is 0 Å². The molecule has 2 atom stereocenters. The lowest BCUT2D eigenvalue weighted by Crippen LogP contribution is -2.52. The number of hydrogen-bond acceptors (Lipinski definition) is 2. The van der Waals surface area contributed by atoms with Gasteiger partial charge in [-0.15, -0.1) is 0 Å². The van der Waals surface area contributed by atoms with Crippen LogP contribution in [0.4, 0.5) is 0 Å². The van der Waals surface area contributed by atoms with E-state index in [1.165, 1.54) is 6.42 Å². The van der Waals surface area contributed by atoms with Crippen molar-refractivity contribution in [1.82, 2.24) is 4.90 Å². The molecule has 0 radical (unpaired) electrons. The SMILES string of the molecule is O=C1CC[C@@]23C(=O)CC[C@@H]2CCCCN13. The van der Waals surface area contributed by atoms with Crippen LogP contribution < -0.4 is 0 Å². The summed E-state index contributed by atoms with van der Waals surface area (Å²) in [5.41, 5.74) is -0.340. The van der Waals surface area contributed by atoms with Gasteiger partial charge in [0.15, 0.2) is 5.78 Å². The monoisotopic (exact) mass is 207 g/mol. The number of ketones is 1. The van der Waals surface area contributed by atoms with Gasteiger partial charge in [-0.3, -0.25) is 9.59 Å². The lowest BCUT2D eigenvalue weighted by molar-refractivity contribution is -0.139. The molecule has 2 aliphatic heterocycles. The predicted octanol–water partition coefficient (Wildman–Crippen LogP) is 1.51. The zero-order valence-corrected chi connectivity index (χ0v) is 9.00. The number of Topliss-reactive ketones (excluding diaryl/α,β-unsaturated/α-hetero) is 1. The van der Waals surface area contributed by atoms with Crippen LogP contribution in [0.3, 0.4) is 0 Å². The van der Waals surface area contributed by atoms with E-state index in [2.05, 4.69) is 0 Å². The number of amides is 1. The van der Waals surface area contributed by atoms with Gasteiger partial charge in [0.2, 0.25) is 5.91 Å². The first kappa shape index (κ1) is 9.37. The molecule has 3 aliphatic rings. The molecular formula is C12H17NO2. The van der Waals surface area contributed by atoms with Crippen molar-refractivity contribution in [2.45, 2.75) is 50.5 Å². The fraction of sp³-hybridized carbons (Fsp3) is 0.833. The molecule has 2 heterocycles. The minimum Gasteiger partial charge on any atom is -0.330 e. The molecule has 1 aliphatic carbocycles. The van der Waals surface area contributed by atoms with Crippen LogP contribution in [0.15, 0.2) is 0 Å². The van der Waals surface area contributed by atoms with Gasteiger partial charge in [0.05, 0.1) is 0 Å². The van der Waals surface area contributed by atoms with E-state index in [9.17, 15) is 9.59 Å². The van der Waals surface area contributed by atoms with Crippen LogP contribution in [0, 0.1) is 5.92 Å². The normalized spacial score (nSPS) is 40.3. The molecule has 1 spiro atoms. The third kappa shape index (κ3) is 1.06. The lowest BCUT2D eigenvalue weighted by Gasteiger charge is -2.36. The van der Waals surface area contributed by atoms with Crippen molar-refractivity contribution < 1.29 is 9.59 Å². The molecule has 1 saturated carbocycles. The number of nitrogens with zero attached hydrogens (tertiary/aromatic N) is 1. The Bertz CT molecular complexity index is 326. The highest BCUT2D eigenvalue weighted by molar-refractivity contribution is 5.98. The van der Waals surface area contributed by atoms with Crippen molar-refractivity contribution >= 4 is 11.7 Å². The summed E-state index contributed by atoms with van der Waals surface area (Å²) in [6, 6.07) is 0. The van der Waals surface area contributed by atoms with Gasteiger partial charge in [-0.05, 0) is 31.6 Å². The van der Waals surface area contributed by atoms with Crippen LogP contribution in [0.2, 0.25) is 0 Å². The molecule has 3 nitrogen and oxygen atoms in total. The second kappa shape index (κ2) is 3.06. The standard InChI is InChI=1S/C12H17NO2/c14-10-5-4-9-3-1-2-8-13-11(15)6-7-12(9,10)13/h9H,1-8H2/t9-,12-/m0/s1. The molecule has 15 heavy (non-hydrogen) atoms. The van der Waals surface area contributed by atoms with Crippen molar-refractivity contribution in [2.75, 3.05) is 6.54 Å². The molecular weight excluding hydrogens is 190 g/mol. The topological polar surface area (TPSA) is 37.4 Å². The highest BCUT2D eigenvalue weighted by atomic mass is 16.2. The maximum Gasteiger partial charge on any atom is 0.223 e. The molecule has 0 N–H and O–H groups in total. The smallest absolute Gasteiger partial charge is 0.223 e. The van der Waals surface area contributed by atoms with E-state index >= 15 is 0 Å². The molecule has 82 valence electrons. The largest absolute Gasteiger partial charge is 0.330 e. The molecule has 0 aromatic carbocycles. The molecule has 2 saturated heterocycles. The Kier molecular flexibility index (Phi) is 1.91. The minimum atomic E-state index is -0.340. The summed E-state index contributed by atoms with van der Waals surface area (Å²) in [5.74, 6) is 1.04. The van der Waals surface area contributed by atoms with Gasteiger partial charge in [0, 0.05) is 19.4 Å². The third-order valence-corrected chi connectivity index (χ3v) is 4.57. The van der Waals surface area contributed by atoms with Gasteiger partial charge in [-0.2, -0.15) is 0 Å². The second-order valence-corrected chi connectivity index (χ2v) is 5.12. The molecule has 0 unspecified atom stereocenters. The molecule has 3 fully saturated rings. The molecule has 3 heteroatoms. The van der Waals surface area contributed by atoms with E-state index in [4.69, 9.17) is 0 Å². The number of carbonyl (C=O) groups is 2. The van der Waals surface area contributed by atoms with Crippen molar-refractivity contribution in [1.29, 1.82) is 0 Å². The second-order valence-electron chi connectivity index (χ2n) is 5.12. The fourth-order valence-electron chi connectivity index (χ4n) is 3.86. The van der Waals surface area contributed by atoms with Gasteiger partial charge >= 0.3 is 0 Å². The van der Waals surface area contributed by atoms with Crippen LogP contribution in [0.5, 0.6) is 0 Å². The Morgan fingerprint density at radius 2 is 2.00 bits per heavy atom. The summed E-state index contributed by atoms with van der Waals surface area (Å²) in [4.78, 5) is 25.9. The van der Waals surface area contributed by atoms with Gasteiger partial charge in [-0.25, -0.2) is 0 Å². The van der Waals surface area contributed by atoms with Crippen LogP contribution in [0.1, 0.15) is 44.9 Å². The Hall–Kier alpha value is -0.860. The molecule has 3 rings (SSSR count). The zero-order chi connectivity index (χ0) is 10.5. The Morgan fingerprint density at radius 3 is 2.87 bits per heavy atom. The van der Waals surface area contributed by atoms with Crippen LogP contribution >= 0.6 is 0 Å². The van der Waals surface area contributed by atoms with E-state index < -0.39 is 0 Å². The van der Waals surface area contributed by atoms with Gasteiger partial charge in [0.25, 0.3) is 0 Å². The van der Waals surface area contributed by atoms with E-state index in [0.29, 0.717) is 24.5 Å². The summed E-state index contributed by atoms with van der Waals surface area (Å²) >= 11 is 0. The Labute approximate surface area is 89.8 Å². The summed E-state index contributed by atoms with van der Waals surface area (Å²) in [6.45, 7) is 0.821. The van der Waals surface area contributed by atoms with Crippen LogP contribution in [-0.2, 0) is 9.59 Å². The maximum atomic E-state index is 12.1. The predicted molar refractivity (Wildman–Crippen MR) is 55.3 cm³/mol. The third-order valence-electron chi connectivity index (χ3n) is 4.57. The first-order valence-electron chi connectivity index (χ1n) is 6.09. The van der Waals surface area contributed by atoms with E-state index in [1.54, 1.807) is 0 Å². The first-order valence-corrected chi connectivity index (χ1v) is 6.09. The molecule has 0 aromatic rings. The van der Waals surface area contributed by atoms with Gasteiger partial charge < -0.3 is 4.90 Å². The van der Waals surface area contributed by atoms with E-state index in [0.717, 1.165) is 32.2 Å². The Balaban J connectivity index is 2.05. The van der Waals surface area contributed by atoms with E-state index in [-0.39, 0.29) is 11.4 Å². The van der Waals surface area contributed by atoms with Crippen molar-refractivity contribution in [3.8, 4) is 0 Å². The van der Waals surface area contributed by atoms with Crippen LogP contribution in [0.25, 0.3) is 0 Å². The fourth-order valence-corrected chi connectivity index (χ4v) is 3.86. The number of carbonyl (C=O) groups excluding carboxylic acids is 2. The van der Waals surface area contributed by atoms with Gasteiger partial charge in [-0.1, -0.05) is 6.42 Å². The molecule has 1 amide bonds. The Morgan fingerprint density at radius 1 is 1.13 bits per heavy atom. The average Bonchev–Trinajstić information content (AvgIpc) is 2.65. The van der Waals surface area contributed by atoms with Crippen LogP contribution in [-0.4, -0.2) is 28.7 Å². The quantitative estimate of drug-likeness (QED) is 0.604. The number of hydrogen-bond donors (Lipinski definition) is 0. The van der Waals surface area contributed by atoms with Crippen molar-refractivity contribution in [3.05, 3.63) is 0 Å². The first-order chi connectivity index (χ1) is 7.25.